The predicted molar refractivity (Wildman–Crippen MR) is 88.6 cm³/mol. The Kier molecular flexibility index (Phi) is 2.82. The lowest BCUT2D eigenvalue weighted by molar-refractivity contribution is -0.394. The minimum Gasteiger partial charge on any atom is -0.575 e. The van der Waals surface area contributed by atoms with Crippen LogP contribution < -0.4 is 9.59 Å². The Hall–Kier alpha value is -2.53. The highest BCUT2D eigenvalue weighted by atomic mass is 16.8. The largest absolute Gasteiger partial charge is 0.575 e. The molecule has 2 aliphatic rings. The number of nitrogens with zero attached hydrogens (tertiary/aromatic N) is 1. The van der Waals surface area contributed by atoms with Crippen molar-refractivity contribution in [3.05, 3.63) is 53.5 Å². The maximum Gasteiger partial charge on any atom is 0.343 e. The van der Waals surface area contributed by atoms with E-state index in [0.717, 1.165) is 22.0 Å². The number of carbonyl (C=O) groups excluding carboxylic acids is 1. The molecule has 124 valence electrons. The smallest absolute Gasteiger partial charge is 0.343 e. The SMILES string of the molecule is CC1(C)OC(=O)C([C@@H]2c3cccc4cccc(c34)[N+]2(C)C)=C([O-])O1. The van der Waals surface area contributed by atoms with Crippen molar-refractivity contribution >= 4 is 22.4 Å². The van der Waals surface area contributed by atoms with Crippen LogP contribution in [0.2, 0.25) is 0 Å². The average Bonchev–Trinajstić information content (AvgIpc) is 2.69. The van der Waals surface area contributed by atoms with Crippen LogP contribution in [-0.2, 0) is 14.3 Å². The molecule has 2 heterocycles. The monoisotopic (exact) mass is 325 g/mol. The van der Waals surface area contributed by atoms with Crippen molar-refractivity contribution in [2.24, 2.45) is 0 Å². The van der Waals surface area contributed by atoms with Crippen molar-refractivity contribution in [1.29, 1.82) is 0 Å². The number of esters is 1. The normalized spacial score (nSPS) is 24.0. The highest BCUT2D eigenvalue weighted by Gasteiger charge is 2.48. The molecule has 0 fully saturated rings. The first-order valence-electron chi connectivity index (χ1n) is 7.92. The molecule has 0 amide bonds. The van der Waals surface area contributed by atoms with Crippen molar-refractivity contribution in [3.63, 3.8) is 0 Å². The Morgan fingerprint density at radius 3 is 2.42 bits per heavy atom. The van der Waals surface area contributed by atoms with Gasteiger partial charge < -0.3 is 14.6 Å². The van der Waals surface area contributed by atoms with E-state index >= 15 is 0 Å². The van der Waals surface area contributed by atoms with E-state index in [0.29, 0.717) is 4.48 Å². The van der Waals surface area contributed by atoms with Gasteiger partial charge >= 0.3 is 5.97 Å². The molecule has 0 unspecified atom stereocenters. The molecule has 0 aromatic heterocycles. The first-order valence-corrected chi connectivity index (χ1v) is 7.92. The molecule has 4 rings (SSSR count). The minimum atomic E-state index is -1.23. The molecule has 5 heteroatoms. The molecule has 0 spiro atoms. The molecule has 5 nitrogen and oxygen atoms in total. The lowest BCUT2D eigenvalue weighted by atomic mass is 9.96. The van der Waals surface area contributed by atoms with Gasteiger partial charge in [-0.25, -0.2) is 4.79 Å². The van der Waals surface area contributed by atoms with E-state index in [4.69, 9.17) is 9.47 Å². The van der Waals surface area contributed by atoms with Crippen LogP contribution in [0.5, 0.6) is 0 Å². The topological polar surface area (TPSA) is 58.6 Å². The summed E-state index contributed by atoms with van der Waals surface area (Å²) in [4.78, 5) is 12.6. The molecule has 0 N–H and O–H groups in total. The third-order valence-electron chi connectivity index (χ3n) is 4.87. The van der Waals surface area contributed by atoms with E-state index in [9.17, 15) is 9.90 Å². The van der Waals surface area contributed by atoms with Crippen molar-refractivity contribution in [2.75, 3.05) is 14.1 Å². The summed E-state index contributed by atoms with van der Waals surface area (Å²) >= 11 is 0. The second kappa shape index (κ2) is 4.51. The van der Waals surface area contributed by atoms with Crippen LogP contribution in [0.3, 0.4) is 0 Å². The number of benzene rings is 2. The maximum absolute atomic E-state index is 12.6. The van der Waals surface area contributed by atoms with Crippen molar-refractivity contribution in [2.45, 2.75) is 25.7 Å². The summed E-state index contributed by atoms with van der Waals surface area (Å²) in [5.41, 5.74) is 2.09. The van der Waals surface area contributed by atoms with Crippen LogP contribution in [0.25, 0.3) is 10.8 Å². The second-order valence-corrected chi connectivity index (χ2v) is 7.26. The fourth-order valence-electron chi connectivity index (χ4n) is 3.91. The van der Waals surface area contributed by atoms with Gasteiger partial charge in [-0.05, 0) is 25.3 Å². The third kappa shape index (κ3) is 1.88. The molecule has 0 aliphatic carbocycles. The zero-order valence-electron chi connectivity index (χ0n) is 14.1. The fraction of sp³-hybridized carbons (Fsp3) is 0.316. The first kappa shape index (κ1) is 15.0. The summed E-state index contributed by atoms with van der Waals surface area (Å²) in [6.45, 7) is 3.12. The summed E-state index contributed by atoms with van der Waals surface area (Å²) in [7, 11) is 3.99. The van der Waals surface area contributed by atoms with Gasteiger partial charge in [0.25, 0.3) is 0 Å². The van der Waals surface area contributed by atoms with Crippen LogP contribution in [-0.4, -0.2) is 25.9 Å². The molecule has 1 atom stereocenters. The van der Waals surface area contributed by atoms with E-state index in [1.54, 1.807) is 13.8 Å². The van der Waals surface area contributed by atoms with Gasteiger partial charge in [-0.15, -0.1) is 0 Å². The number of cyclic esters (lactones) is 1. The molecule has 24 heavy (non-hydrogen) atoms. The highest BCUT2D eigenvalue weighted by molar-refractivity contribution is 6.02. The molecule has 2 aliphatic heterocycles. The third-order valence-corrected chi connectivity index (χ3v) is 4.87. The Bertz CT molecular complexity index is 905. The van der Waals surface area contributed by atoms with E-state index in [2.05, 4.69) is 0 Å². The number of hydrogen-bond donors (Lipinski definition) is 0. The number of quaternary nitrogens is 1. The Labute approximate surface area is 140 Å². The number of carbonyl (C=O) groups is 1. The van der Waals surface area contributed by atoms with Gasteiger partial charge in [0, 0.05) is 5.56 Å². The fourth-order valence-corrected chi connectivity index (χ4v) is 3.91. The van der Waals surface area contributed by atoms with E-state index in [-0.39, 0.29) is 5.57 Å². The van der Waals surface area contributed by atoms with Crippen LogP contribution in [0.1, 0.15) is 25.5 Å². The Balaban J connectivity index is 1.98. The number of hydrogen-bond acceptors (Lipinski definition) is 4. The molecule has 2 aromatic carbocycles. The molecule has 0 bridgehead atoms. The molecular formula is C19H19NO4. The van der Waals surface area contributed by atoms with E-state index in [1.807, 2.05) is 50.5 Å². The quantitative estimate of drug-likeness (QED) is 0.596. The molecule has 0 saturated carbocycles. The van der Waals surface area contributed by atoms with E-state index < -0.39 is 23.7 Å². The van der Waals surface area contributed by atoms with Crippen molar-refractivity contribution in [3.8, 4) is 0 Å². The van der Waals surface area contributed by atoms with Crippen LogP contribution in [0.15, 0.2) is 47.9 Å². The number of ether oxygens (including phenoxy) is 2. The van der Waals surface area contributed by atoms with Crippen molar-refractivity contribution < 1.29 is 19.4 Å². The summed E-state index contributed by atoms with van der Waals surface area (Å²) in [6, 6.07) is 11.6. The minimum absolute atomic E-state index is 0.0584. The zero-order valence-corrected chi connectivity index (χ0v) is 14.1. The van der Waals surface area contributed by atoms with Gasteiger partial charge in [0.05, 0.1) is 25.4 Å². The lowest BCUT2D eigenvalue weighted by Crippen LogP contribution is -2.48. The van der Waals surface area contributed by atoms with Gasteiger partial charge in [0.15, 0.2) is 11.8 Å². The summed E-state index contributed by atoms with van der Waals surface area (Å²) < 4.78 is 11.0. The van der Waals surface area contributed by atoms with Gasteiger partial charge in [0.1, 0.15) is 11.3 Å². The van der Waals surface area contributed by atoms with Gasteiger partial charge in [-0.2, -0.15) is 0 Å². The number of rotatable bonds is 1. The first-order chi connectivity index (χ1) is 11.2. The molecule has 0 saturated heterocycles. The number of likely N-dealkylation sites (N-methyl/N-ethyl adjacent to an activating group) is 1. The summed E-state index contributed by atoms with van der Waals surface area (Å²) in [5.74, 6) is -2.43. The van der Waals surface area contributed by atoms with Gasteiger partial charge in [-0.3, -0.25) is 4.48 Å². The highest BCUT2D eigenvalue weighted by Crippen LogP contribution is 2.51. The second-order valence-electron chi connectivity index (χ2n) is 7.26. The van der Waals surface area contributed by atoms with Crippen LogP contribution in [0, 0.1) is 0 Å². The predicted octanol–water partition coefficient (Wildman–Crippen LogP) is 2.34. The Morgan fingerprint density at radius 1 is 1.08 bits per heavy atom. The van der Waals surface area contributed by atoms with Crippen LogP contribution in [0.4, 0.5) is 5.69 Å². The molecule has 2 aromatic rings. The standard InChI is InChI=1S/C19H19NO4/c1-19(2)23-17(21)15(18(22)24-19)16-12-9-5-7-11-8-6-10-13(14(11)12)20(16,3)4/h5-10,16H,1-4H3/t16-/m0/s1. The average molecular weight is 325 g/mol. The van der Waals surface area contributed by atoms with Crippen LogP contribution >= 0.6 is 0 Å². The summed E-state index contributed by atoms with van der Waals surface area (Å²) in [5, 5.41) is 14.8. The molecular weight excluding hydrogens is 306 g/mol. The maximum atomic E-state index is 12.6. The lowest BCUT2D eigenvalue weighted by Gasteiger charge is -2.42. The van der Waals surface area contributed by atoms with Gasteiger partial charge in [-0.1, -0.05) is 30.3 Å². The molecule has 0 radical (unpaired) electrons. The van der Waals surface area contributed by atoms with Crippen molar-refractivity contribution in [1.82, 2.24) is 4.48 Å². The summed E-state index contributed by atoms with van der Waals surface area (Å²) in [6.07, 6.45) is 0. The Morgan fingerprint density at radius 2 is 1.75 bits per heavy atom. The van der Waals surface area contributed by atoms with Gasteiger partial charge in [0.2, 0.25) is 0 Å². The zero-order chi connectivity index (χ0) is 17.3. The van der Waals surface area contributed by atoms with E-state index in [1.165, 1.54) is 0 Å².